The van der Waals surface area contributed by atoms with Crippen LogP contribution in [0.15, 0.2) is 9.98 Å². The first kappa shape index (κ1) is 9.76. The molecule has 0 radical (unpaired) electrons. The number of nitrogens with zero attached hydrogens (tertiary/aromatic N) is 2. The van der Waals surface area contributed by atoms with Crippen molar-refractivity contribution in [3.8, 4) is 0 Å². The van der Waals surface area contributed by atoms with Gasteiger partial charge >= 0.3 is 0 Å². The van der Waals surface area contributed by atoms with E-state index in [1.54, 1.807) is 6.92 Å². The lowest BCUT2D eigenvalue weighted by molar-refractivity contribution is 0.439. The van der Waals surface area contributed by atoms with Gasteiger partial charge in [-0.1, -0.05) is 13.3 Å². The van der Waals surface area contributed by atoms with Crippen LogP contribution in [0.4, 0.5) is 0 Å². The molecule has 4 nitrogen and oxygen atoms in total. The van der Waals surface area contributed by atoms with Crippen LogP contribution >= 0.6 is 0 Å². The molecule has 0 aromatic heterocycles. The van der Waals surface area contributed by atoms with Crippen molar-refractivity contribution in [2.24, 2.45) is 9.98 Å². The summed E-state index contributed by atoms with van der Waals surface area (Å²) in [7, 11) is 0. The van der Waals surface area contributed by atoms with Crippen molar-refractivity contribution in [2.45, 2.75) is 32.4 Å². The van der Waals surface area contributed by atoms with E-state index in [0.29, 0.717) is 6.42 Å². The summed E-state index contributed by atoms with van der Waals surface area (Å²) in [6.45, 7) is 3.51. The van der Waals surface area contributed by atoms with Gasteiger partial charge in [0.05, 0.1) is 0 Å². The maximum absolute atomic E-state index is 9.89. The highest BCUT2D eigenvalue weighted by atomic mass is 16.1. The molecule has 0 spiro atoms. The smallest absolute Gasteiger partial charge is 0.211 e. The molecular weight excluding hydrogens is 144 g/mol. The Morgan fingerprint density at radius 3 is 2.00 bits per heavy atom. The van der Waals surface area contributed by atoms with Gasteiger partial charge < -0.3 is 0 Å². The molecule has 0 amide bonds. The number of aliphatic imine (C=N–C) groups is 2. The lowest BCUT2D eigenvalue weighted by Gasteiger charge is -2.13. The summed E-state index contributed by atoms with van der Waals surface area (Å²) in [5, 5.41) is 0. The maximum Gasteiger partial charge on any atom is 0.237 e. The third kappa shape index (κ3) is 3.46. The monoisotopic (exact) mass is 154 g/mol. The van der Waals surface area contributed by atoms with Gasteiger partial charge in [0.1, 0.15) is 0 Å². The fraction of sp³-hybridized carbons (Fsp3) is 0.714. The minimum absolute atomic E-state index is 0.553. The lowest BCUT2D eigenvalue weighted by atomic mass is 10.1. The Kier molecular flexibility index (Phi) is 4.04. The highest BCUT2D eigenvalue weighted by Crippen LogP contribution is 2.17. The predicted octanol–water partition coefficient (Wildman–Crippen LogP) is 1.17. The Balaban J connectivity index is 4.49. The topological polar surface area (TPSA) is 58.9 Å². The Labute approximate surface area is 65.0 Å². The summed E-state index contributed by atoms with van der Waals surface area (Å²) >= 11 is 0. The van der Waals surface area contributed by atoms with Gasteiger partial charge in [0.25, 0.3) is 0 Å². The zero-order chi connectivity index (χ0) is 8.74. The van der Waals surface area contributed by atoms with E-state index in [-0.39, 0.29) is 0 Å². The van der Waals surface area contributed by atoms with E-state index in [1.165, 1.54) is 12.2 Å². The van der Waals surface area contributed by atoms with Crippen molar-refractivity contribution in [1.82, 2.24) is 0 Å². The highest BCUT2D eigenvalue weighted by molar-refractivity contribution is 5.38. The van der Waals surface area contributed by atoms with Crippen molar-refractivity contribution in [3.05, 3.63) is 0 Å². The van der Waals surface area contributed by atoms with Crippen LogP contribution in [0.2, 0.25) is 0 Å². The largest absolute Gasteiger partial charge is 0.237 e. The fourth-order valence-electron chi connectivity index (χ4n) is 0.807. The molecule has 0 aliphatic carbocycles. The standard InChI is InChI=1S/C7H10N2O2/c1-3-4-7(2,8-5-10)9-6-11/h3-4H2,1-2H3. The average molecular weight is 154 g/mol. The molecule has 0 bridgehead atoms. The molecule has 0 aromatic rings. The fourth-order valence-corrected chi connectivity index (χ4v) is 0.807. The summed E-state index contributed by atoms with van der Waals surface area (Å²) in [5.74, 6) is 0. The zero-order valence-electron chi connectivity index (χ0n) is 6.63. The van der Waals surface area contributed by atoms with E-state index in [4.69, 9.17) is 0 Å². The van der Waals surface area contributed by atoms with Crippen LogP contribution in [-0.4, -0.2) is 17.8 Å². The second-order valence-corrected chi connectivity index (χ2v) is 2.37. The summed E-state index contributed by atoms with van der Waals surface area (Å²) in [5.41, 5.74) is -0.946. The molecule has 0 unspecified atom stereocenters. The summed E-state index contributed by atoms with van der Waals surface area (Å²) in [6.07, 6.45) is 4.11. The van der Waals surface area contributed by atoms with Gasteiger partial charge in [0.2, 0.25) is 12.2 Å². The molecule has 0 aliphatic rings. The molecular formula is C7H10N2O2. The van der Waals surface area contributed by atoms with Crippen molar-refractivity contribution >= 4 is 12.2 Å². The molecule has 0 N–H and O–H groups in total. The molecule has 0 rings (SSSR count). The van der Waals surface area contributed by atoms with Gasteiger partial charge in [0.15, 0.2) is 5.66 Å². The van der Waals surface area contributed by atoms with Gasteiger partial charge in [-0.25, -0.2) is 9.59 Å². The van der Waals surface area contributed by atoms with E-state index in [0.717, 1.165) is 6.42 Å². The number of carbonyl (C=O) groups excluding carboxylic acids is 2. The van der Waals surface area contributed by atoms with E-state index >= 15 is 0 Å². The van der Waals surface area contributed by atoms with Crippen LogP contribution in [0.1, 0.15) is 26.7 Å². The second kappa shape index (κ2) is 4.56. The van der Waals surface area contributed by atoms with Crippen LogP contribution in [0.3, 0.4) is 0 Å². The Morgan fingerprint density at radius 2 is 1.73 bits per heavy atom. The second-order valence-electron chi connectivity index (χ2n) is 2.37. The molecule has 0 fully saturated rings. The number of hydrogen-bond donors (Lipinski definition) is 0. The molecule has 0 atom stereocenters. The zero-order valence-corrected chi connectivity index (χ0v) is 6.63. The van der Waals surface area contributed by atoms with Gasteiger partial charge in [-0.05, 0) is 13.3 Å². The average Bonchev–Trinajstić information content (AvgIpc) is 1.88. The van der Waals surface area contributed by atoms with Gasteiger partial charge in [-0.3, -0.25) is 0 Å². The minimum Gasteiger partial charge on any atom is -0.211 e. The molecule has 0 aromatic carbocycles. The van der Waals surface area contributed by atoms with Crippen LogP contribution < -0.4 is 0 Å². The number of rotatable bonds is 4. The third-order valence-electron chi connectivity index (χ3n) is 1.30. The Bertz CT molecular complexity index is 194. The van der Waals surface area contributed by atoms with Crippen LogP contribution in [0.25, 0.3) is 0 Å². The van der Waals surface area contributed by atoms with Gasteiger partial charge in [0, 0.05) is 0 Å². The van der Waals surface area contributed by atoms with E-state index < -0.39 is 5.66 Å². The maximum atomic E-state index is 9.89. The van der Waals surface area contributed by atoms with Crippen molar-refractivity contribution < 1.29 is 9.59 Å². The van der Waals surface area contributed by atoms with Crippen LogP contribution in [-0.2, 0) is 9.59 Å². The molecule has 4 heteroatoms. The molecule has 0 heterocycles. The van der Waals surface area contributed by atoms with Gasteiger partial charge in [-0.2, -0.15) is 9.98 Å². The first-order valence-electron chi connectivity index (χ1n) is 3.36. The molecule has 0 saturated carbocycles. The first-order valence-corrected chi connectivity index (χ1v) is 3.36. The van der Waals surface area contributed by atoms with Gasteiger partial charge in [-0.15, -0.1) is 0 Å². The highest BCUT2D eigenvalue weighted by Gasteiger charge is 2.20. The number of isocyanates is 2. The summed E-state index contributed by atoms with van der Waals surface area (Å²) in [6, 6.07) is 0. The normalized spacial score (nSPS) is 14.0. The third-order valence-corrected chi connectivity index (χ3v) is 1.30. The van der Waals surface area contributed by atoms with Crippen molar-refractivity contribution in [2.75, 3.05) is 0 Å². The molecule has 11 heavy (non-hydrogen) atoms. The summed E-state index contributed by atoms with van der Waals surface area (Å²) < 4.78 is 0. The number of hydrogen-bond acceptors (Lipinski definition) is 4. The quantitative estimate of drug-likeness (QED) is 0.451. The predicted molar refractivity (Wildman–Crippen MR) is 39.6 cm³/mol. The minimum atomic E-state index is -0.946. The van der Waals surface area contributed by atoms with E-state index in [1.807, 2.05) is 6.92 Å². The Hall–Kier alpha value is -1.24. The molecule has 0 saturated heterocycles. The molecule has 60 valence electrons. The van der Waals surface area contributed by atoms with Crippen LogP contribution in [0, 0.1) is 0 Å². The van der Waals surface area contributed by atoms with E-state index in [9.17, 15) is 9.59 Å². The SMILES string of the molecule is CCCC(C)(N=C=O)N=C=O. The summed E-state index contributed by atoms with van der Waals surface area (Å²) in [4.78, 5) is 26.6. The van der Waals surface area contributed by atoms with E-state index in [2.05, 4.69) is 9.98 Å². The lowest BCUT2D eigenvalue weighted by Crippen LogP contribution is -2.17. The van der Waals surface area contributed by atoms with Crippen LogP contribution in [0.5, 0.6) is 0 Å². The Morgan fingerprint density at radius 1 is 1.27 bits per heavy atom. The van der Waals surface area contributed by atoms with Crippen molar-refractivity contribution in [1.29, 1.82) is 0 Å². The first-order chi connectivity index (χ1) is 5.18. The molecule has 0 aliphatic heterocycles. The van der Waals surface area contributed by atoms with Crippen molar-refractivity contribution in [3.63, 3.8) is 0 Å².